The van der Waals surface area contributed by atoms with Crippen molar-refractivity contribution in [2.75, 3.05) is 20.2 Å². The van der Waals surface area contributed by atoms with Gasteiger partial charge >= 0.3 is 5.97 Å². The number of carbonyl (C=O) groups excluding carboxylic acids is 1. The second-order valence-corrected chi connectivity index (χ2v) is 5.74. The molecule has 8 heteroatoms. The molecule has 2 atom stereocenters. The highest BCUT2D eigenvalue weighted by Gasteiger charge is 2.26. The Bertz CT molecular complexity index is 700. The van der Waals surface area contributed by atoms with Gasteiger partial charge in [-0.2, -0.15) is 4.98 Å². The van der Waals surface area contributed by atoms with E-state index in [0.29, 0.717) is 43.3 Å². The van der Waals surface area contributed by atoms with Gasteiger partial charge in [-0.05, 0) is 18.6 Å². The number of ether oxygens (including phenoxy) is 1. The first-order valence-corrected chi connectivity index (χ1v) is 7.66. The summed E-state index contributed by atoms with van der Waals surface area (Å²) >= 11 is 0. The Hall–Kier alpha value is -2.29. The zero-order valence-corrected chi connectivity index (χ0v) is 13.3. The zero-order chi connectivity index (χ0) is 17.1. The molecule has 0 unspecified atom stereocenters. The summed E-state index contributed by atoms with van der Waals surface area (Å²) < 4.78 is 9.90. The summed E-state index contributed by atoms with van der Waals surface area (Å²) in [6, 6.07) is 6.73. The minimum Gasteiger partial charge on any atom is -0.465 e. The molecule has 128 valence electrons. The van der Waals surface area contributed by atoms with Crippen LogP contribution in [0.5, 0.6) is 0 Å². The highest BCUT2D eigenvalue weighted by atomic mass is 16.5. The summed E-state index contributed by atoms with van der Waals surface area (Å²) in [7, 11) is 1.33. The number of esters is 1. The number of hydrogen-bond acceptors (Lipinski definition) is 8. The van der Waals surface area contributed by atoms with Gasteiger partial charge in [0, 0.05) is 18.7 Å². The third kappa shape index (κ3) is 3.61. The first-order chi connectivity index (χ1) is 11.6. The van der Waals surface area contributed by atoms with Gasteiger partial charge in [0.1, 0.15) is 0 Å². The van der Waals surface area contributed by atoms with E-state index in [4.69, 9.17) is 4.52 Å². The molecule has 1 aliphatic heterocycles. The van der Waals surface area contributed by atoms with Crippen LogP contribution < -0.4 is 0 Å². The molecule has 0 amide bonds. The number of β-amino-alcohol motifs (C(OH)–C–C–N with tert-alkyl or cyclic N) is 1. The number of aromatic nitrogens is 2. The van der Waals surface area contributed by atoms with E-state index in [2.05, 4.69) is 14.9 Å². The van der Waals surface area contributed by atoms with Gasteiger partial charge in [0.2, 0.25) is 11.7 Å². The molecule has 1 fully saturated rings. The van der Waals surface area contributed by atoms with E-state index in [9.17, 15) is 15.0 Å². The molecule has 8 nitrogen and oxygen atoms in total. The average molecular weight is 333 g/mol. The average Bonchev–Trinajstić information content (AvgIpc) is 3.06. The maximum absolute atomic E-state index is 11.4. The van der Waals surface area contributed by atoms with Crippen LogP contribution >= 0.6 is 0 Å². The van der Waals surface area contributed by atoms with Crippen molar-refractivity contribution >= 4 is 5.97 Å². The molecule has 2 heterocycles. The molecule has 0 bridgehead atoms. The number of methoxy groups -OCH3 is 1. The van der Waals surface area contributed by atoms with Crippen LogP contribution in [0.15, 0.2) is 28.8 Å². The lowest BCUT2D eigenvalue weighted by Crippen LogP contribution is -2.46. The Kier molecular flexibility index (Phi) is 4.89. The fourth-order valence-corrected chi connectivity index (χ4v) is 2.63. The van der Waals surface area contributed by atoms with Crippen molar-refractivity contribution in [2.45, 2.75) is 25.2 Å². The Balaban J connectivity index is 1.66. The van der Waals surface area contributed by atoms with Crippen LogP contribution in [0.2, 0.25) is 0 Å². The number of rotatable bonds is 4. The van der Waals surface area contributed by atoms with Gasteiger partial charge < -0.3 is 19.5 Å². The zero-order valence-electron chi connectivity index (χ0n) is 13.3. The Labute approximate surface area is 138 Å². The van der Waals surface area contributed by atoms with Crippen LogP contribution in [0.1, 0.15) is 22.7 Å². The highest BCUT2D eigenvalue weighted by molar-refractivity contribution is 5.89. The number of aliphatic hydroxyl groups is 2. The van der Waals surface area contributed by atoms with E-state index in [0.717, 1.165) is 5.56 Å². The minimum absolute atomic E-state index is 0.368. The van der Waals surface area contributed by atoms with Crippen molar-refractivity contribution in [1.82, 2.24) is 15.0 Å². The van der Waals surface area contributed by atoms with E-state index >= 15 is 0 Å². The van der Waals surface area contributed by atoms with Gasteiger partial charge in [-0.15, -0.1) is 0 Å². The number of piperidine rings is 1. The van der Waals surface area contributed by atoms with Crippen LogP contribution in [-0.4, -0.2) is 63.6 Å². The molecule has 1 aliphatic rings. The van der Waals surface area contributed by atoms with Crippen LogP contribution in [0.3, 0.4) is 0 Å². The standard InChI is InChI=1S/C16H19N3O5/c1-23-16(22)11-4-2-10(3-5-11)15-17-14(24-18-15)9-19-7-6-12(20)13(21)8-19/h2-5,12-13,20-21H,6-9H2,1H3/t12-,13-/m0/s1. The second-order valence-electron chi connectivity index (χ2n) is 5.74. The summed E-state index contributed by atoms with van der Waals surface area (Å²) in [4.78, 5) is 17.7. The van der Waals surface area contributed by atoms with Crippen LogP contribution in [0, 0.1) is 0 Å². The summed E-state index contributed by atoms with van der Waals surface area (Å²) in [5, 5.41) is 23.2. The summed E-state index contributed by atoms with van der Waals surface area (Å²) in [5.74, 6) is 0.464. The van der Waals surface area contributed by atoms with E-state index < -0.39 is 18.2 Å². The summed E-state index contributed by atoms with van der Waals surface area (Å²) in [6.07, 6.45) is -0.920. The highest BCUT2D eigenvalue weighted by Crippen LogP contribution is 2.19. The summed E-state index contributed by atoms with van der Waals surface area (Å²) in [6.45, 7) is 1.44. The maximum atomic E-state index is 11.4. The molecule has 1 aromatic carbocycles. The van der Waals surface area contributed by atoms with Crippen molar-refractivity contribution in [3.63, 3.8) is 0 Å². The van der Waals surface area contributed by atoms with Crippen molar-refractivity contribution in [1.29, 1.82) is 0 Å². The van der Waals surface area contributed by atoms with Crippen LogP contribution in [0.25, 0.3) is 11.4 Å². The lowest BCUT2D eigenvalue weighted by molar-refractivity contribution is -0.0423. The molecule has 0 spiro atoms. The predicted molar refractivity (Wildman–Crippen MR) is 83.0 cm³/mol. The summed E-state index contributed by atoms with van der Waals surface area (Å²) in [5.41, 5.74) is 1.18. The van der Waals surface area contributed by atoms with E-state index in [1.807, 2.05) is 4.90 Å². The molecule has 1 saturated heterocycles. The topological polar surface area (TPSA) is 109 Å². The third-order valence-corrected chi connectivity index (χ3v) is 4.02. The normalized spacial score (nSPS) is 21.6. The lowest BCUT2D eigenvalue weighted by atomic mass is 10.1. The molecule has 2 aromatic rings. The number of aliphatic hydroxyl groups excluding tert-OH is 2. The maximum Gasteiger partial charge on any atom is 0.337 e. The van der Waals surface area contributed by atoms with Crippen molar-refractivity contribution < 1.29 is 24.3 Å². The van der Waals surface area contributed by atoms with Gasteiger partial charge in [0.05, 0.1) is 31.4 Å². The number of hydrogen-bond donors (Lipinski definition) is 2. The van der Waals surface area contributed by atoms with Gasteiger partial charge in [0.25, 0.3) is 0 Å². The van der Waals surface area contributed by atoms with Crippen LogP contribution in [-0.2, 0) is 11.3 Å². The van der Waals surface area contributed by atoms with Crippen molar-refractivity contribution in [3.05, 3.63) is 35.7 Å². The molecule has 0 aliphatic carbocycles. The number of benzene rings is 1. The molecule has 2 N–H and O–H groups in total. The fraction of sp³-hybridized carbons (Fsp3) is 0.438. The number of nitrogens with zero attached hydrogens (tertiary/aromatic N) is 3. The van der Waals surface area contributed by atoms with Gasteiger partial charge in [-0.1, -0.05) is 17.3 Å². The molecule has 3 rings (SSSR count). The SMILES string of the molecule is COC(=O)c1ccc(-c2noc(CN3CC[C@H](O)[C@@H](O)C3)n2)cc1. The quantitative estimate of drug-likeness (QED) is 0.776. The predicted octanol–water partition coefficient (Wildman–Crippen LogP) is 0.451. The molecule has 24 heavy (non-hydrogen) atoms. The fourth-order valence-electron chi connectivity index (χ4n) is 2.63. The molecule has 0 radical (unpaired) electrons. The molecule has 1 aromatic heterocycles. The first kappa shape index (κ1) is 16.6. The Morgan fingerprint density at radius 2 is 2.08 bits per heavy atom. The minimum atomic E-state index is -0.757. The van der Waals surface area contributed by atoms with E-state index in [-0.39, 0.29) is 0 Å². The van der Waals surface area contributed by atoms with E-state index in [1.165, 1.54) is 7.11 Å². The molecular formula is C16H19N3O5. The van der Waals surface area contributed by atoms with Crippen molar-refractivity contribution in [3.8, 4) is 11.4 Å². The Morgan fingerprint density at radius 1 is 1.33 bits per heavy atom. The number of carbonyl (C=O) groups is 1. The third-order valence-electron chi connectivity index (χ3n) is 4.02. The largest absolute Gasteiger partial charge is 0.465 e. The Morgan fingerprint density at radius 3 is 2.75 bits per heavy atom. The van der Waals surface area contributed by atoms with Gasteiger partial charge in [-0.25, -0.2) is 4.79 Å². The smallest absolute Gasteiger partial charge is 0.337 e. The monoisotopic (exact) mass is 333 g/mol. The molecular weight excluding hydrogens is 314 g/mol. The lowest BCUT2D eigenvalue weighted by Gasteiger charge is -2.32. The van der Waals surface area contributed by atoms with E-state index in [1.54, 1.807) is 24.3 Å². The first-order valence-electron chi connectivity index (χ1n) is 7.66. The van der Waals surface area contributed by atoms with Gasteiger partial charge in [0.15, 0.2) is 0 Å². The number of likely N-dealkylation sites (tertiary alicyclic amines) is 1. The molecule has 0 saturated carbocycles. The van der Waals surface area contributed by atoms with Crippen LogP contribution in [0.4, 0.5) is 0 Å². The van der Waals surface area contributed by atoms with Gasteiger partial charge in [-0.3, -0.25) is 4.90 Å². The van der Waals surface area contributed by atoms with Crippen molar-refractivity contribution in [2.24, 2.45) is 0 Å². The second kappa shape index (κ2) is 7.08.